The summed E-state index contributed by atoms with van der Waals surface area (Å²) in [7, 11) is 0. The molecule has 1 saturated heterocycles. The van der Waals surface area contributed by atoms with Crippen molar-refractivity contribution >= 4 is 28.4 Å². The Bertz CT molecular complexity index is 983. The van der Waals surface area contributed by atoms with E-state index in [0.29, 0.717) is 5.92 Å². The Hall–Kier alpha value is -3.09. The number of nitrogens with one attached hydrogen (secondary N) is 3. The van der Waals surface area contributed by atoms with Crippen LogP contribution in [0, 0.1) is 5.92 Å². The minimum atomic E-state index is -0.164. The molecule has 1 aromatic carbocycles. The van der Waals surface area contributed by atoms with Crippen molar-refractivity contribution in [3.63, 3.8) is 0 Å². The highest BCUT2D eigenvalue weighted by Gasteiger charge is 2.37. The van der Waals surface area contributed by atoms with Gasteiger partial charge < -0.3 is 20.5 Å². The van der Waals surface area contributed by atoms with Crippen LogP contribution in [0.4, 0.5) is 11.5 Å². The first-order valence-electron chi connectivity index (χ1n) is 10.4. The normalized spacial score (nSPS) is 20.4. The van der Waals surface area contributed by atoms with Crippen molar-refractivity contribution < 1.29 is 4.79 Å². The summed E-state index contributed by atoms with van der Waals surface area (Å²) in [5.41, 5.74) is 1.85. The van der Waals surface area contributed by atoms with Gasteiger partial charge in [0.15, 0.2) is 0 Å². The lowest BCUT2D eigenvalue weighted by Crippen LogP contribution is -2.52. The molecule has 1 aliphatic heterocycles. The predicted molar refractivity (Wildman–Crippen MR) is 114 cm³/mol. The second-order valence-electron chi connectivity index (χ2n) is 8.06. The van der Waals surface area contributed by atoms with Crippen molar-refractivity contribution in [1.29, 1.82) is 0 Å². The highest BCUT2D eigenvalue weighted by Crippen LogP contribution is 2.34. The first-order valence-corrected chi connectivity index (χ1v) is 10.4. The number of aromatic amines is 1. The summed E-state index contributed by atoms with van der Waals surface area (Å²) in [6.07, 6.45) is 7.74. The SMILES string of the molecule is O=C(NC1CCCN(c2ncnc3[nH]ccc23)C1)[C@H](Nc1ccccc1)C1CC1. The molecule has 0 radical (unpaired) electrons. The second-order valence-corrected chi connectivity index (χ2v) is 8.06. The molecule has 3 aromatic rings. The van der Waals surface area contributed by atoms with E-state index in [2.05, 4.69) is 30.5 Å². The van der Waals surface area contributed by atoms with Crippen LogP contribution in [-0.4, -0.2) is 46.0 Å². The molecule has 3 N–H and O–H groups in total. The Labute approximate surface area is 169 Å². The molecule has 1 saturated carbocycles. The number of carbonyl (C=O) groups is 1. The van der Waals surface area contributed by atoms with Gasteiger partial charge in [-0.05, 0) is 49.8 Å². The molecular weight excluding hydrogens is 364 g/mol. The van der Waals surface area contributed by atoms with Gasteiger partial charge in [-0.2, -0.15) is 0 Å². The molecule has 2 aliphatic rings. The van der Waals surface area contributed by atoms with Gasteiger partial charge in [0.25, 0.3) is 0 Å². The Kier molecular flexibility index (Phi) is 4.79. The van der Waals surface area contributed by atoms with E-state index in [1.165, 1.54) is 0 Å². The average Bonchev–Trinajstić information content (AvgIpc) is 3.48. The van der Waals surface area contributed by atoms with Crippen molar-refractivity contribution in [2.45, 2.75) is 37.8 Å². The van der Waals surface area contributed by atoms with Gasteiger partial charge in [-0.15, -0.1) is 0 Å². The number of benzene rings is 1. The average molecular weight is 390 g/mol. The first-order chi connectivity index (χ1) is 14.3. The molecule has 2 atom stereocenters. The maximum atomic E-state index is 13.1. The van der Waals surface area contributed by atoms with Gasteiger partial charge in [-0.25, -0.2) is 9.97 Å². The number of anilines is 2. The number of hydrogen-bond acceptors (Lipinski definition) is 5. The molecule has 3 heterocycles. The van der Waals surface area contributed by atoms with E-state index in [1.54, 1.807) is 6.33 Å². The molecule has 1 unspecified atom stereocenters. The Morgan fingerprint density at radius 1 is 1.14 bits per heavy atom. The number of fused-ring (bicyclic) bond motifs is 1. The fourth-order valence-electron chi connectivity index (χ4n) is 4.23. The Morgan fingerprint density at radius 3 is 2.83 bits per heavy atom. The third-order valence-electron chi connectivity index (χ3n) is 5.87. The topological polar surface area (TPSA) is 85.9 Å². The van der Waals surface area contributed by atoms with Gasteiger partial charge in [0, 0.05) is 31.0 Å². The maximum absolute atomic E-state index is 13.1. The number of H-pyrrole nitrogens is 1. The van der Waals surface area contributed by atoms with Gasteiger partial charge in [-0.1, -0.05) is 18.2 Å². The number of aromatic nitrogens is 3. The minimum Gasteiger partial charge on any atom is -0.373 e. The van der Waals surface area contributed by atoms with Crippen molar-refractivity contribution in [3.8, 4) is 0 Å². The molecule has 2 fully saturated rings. The number of rotatable bonds is 6. The number of hydrogen-bond donors (Lipinski definition) is 3. The quantitative estimate of drug-likeness (QED) is 0.603. The van der Waals surface area contributed by atoms with Gasteiger partial charge in [-0.3, -0.25) is 4.79 Å². The predicted octanol–water partition coefficient (Wildman–Crippen LogP) is 2.93. The zero-order valence-electron chi connectivity index (χ0n) is 16.3. The molecular formula is C22H26N6O. The largest absolute Gasteiger partial charge is 0.373 e. The van der Waals surface area contributed by atoms with Crippen LogP contribution in [0.3, 0.4) is 0 Å². The fraction of sp³-hybridized carbons (Fsp3) is 0.409. The van der Waals surface area contributed by atoms with Crippen LogP contribution in [0.15, 0.2) is 48.9 Å². The molecule has 5 rings (SSSR count). The monoisotopic (exact) mass is 390 g/mol. The first kappa shape index (κ1) is 18.0. The summed E-state index contributed by atoms with van der Waals surface area (Å²) in [5.74, 6) is 1.48. The van der Waals surface area contributed by atoms with Crippen LogP contribution in [0.25, 0.3) is 11.0 Å². The fourth-order valence-corrected chi connectivity index (χ4v) is 4.23. The number of para-hydroxylation sites is 1. The summed E-state index contributed by atoms with van der Waals surface area (Å²) in [6.45, 7) is 1.71. The van der Waals surface area contributed by atoms with Gasteiger partial charge in [0.2, 0.25) is 5.91 Å². The highest BCUT2D eigenvalue weighted by molar-refractivity contribution is 5.88. The van der Waals surface area contributed by atoms with Gasteiger partial charge in [0.1, 0.15) is 23.8 Å². The molecule has 7 nitrogen and oxygen atoms in total. The smallest absolute Gasteiger partial charge is 0.243 e. The zero-order valence-corrected chi connectivity index (χ0v) is 16.3. The maximum Gasteiger partial charge on any atom is 0.243 e. The Morgan fingerprint density at radius 2 is 2.00 bits per heavy atom. The van der Waals surface area contributed by atoms with E-state index in [0.717, 1.165) is 61.3 Å². The zero-order chi connectivity index (χ0) is 19.6. The third-order valence-corrected chi connectivity index (χ3v) is 5.87. The number of amides is 1. The molecule has 7 heteroatoms. The lowest BCUT2D eigenvalue weighted by atomic mass is 10.0. The van der Waals surface area contributed by atoms with Crippen LogP contribution in [-0.2, 0) is 4.79 Å². The third kappa shape index (κ3) is 3.90. The van der Waals surface area contributed by atoms with E-state index in [9.17, 15) is 4.79 Å². The molecule has 1 aliphatic carbocycles. The molecule has 2 aromatic heterocycles. The molecule has 0 bridgehead atoms. The summed E-state index contributed by atoms with van der Waals surface area (Å²) >= 11 is 0. The van der Waals surface area contributed by atoms with Crippen LogP contribution < -0.4 is 15.5 Å². The molecule has 150 valence electrons. The van der Waals surface area contributed by atoms with Crippen LogP contribution in [0.5, 0.6) is 0 Å². The van der Waals surface area contributed by atoms with Crippen LogP contribution in [0.2, 0.25) is 0 Å². The lowest BCUT2D eigenvalue weighted by Gasteiger charge is -2.35. The summed E-state index contributed by atoms with van der Waals surface area (Å²) in [4.78, 5) is 27.3. The Balaban J connectivity index is 1.27. The highest BCUT2D eigenvalue weighted by atomic mass is 16.2. The van der Waals surface area contributed by atoms with Crippen molar-refractivity contribution in [3.05, 3.63) is 48.9 Å². The number of nitrogens with zero attached hydrogens (tertiary/aromatic N) is 3. The minimum absolute atomic E-state index is 0.109. The number of piperidine rings is 1. The standard InChI is InChI=1S/C22H26N6O/c29-22(19(15-8-9-15)26-16-5-2-1-3-6-16)27-17-7-4-12-28(13-17)21-18-10-11-23-20(18)24-14-25-21/h1-3,5-6,10-11,14-15,17,19,26H,4,7-9,12-13H2,(H,27,29)(H,23,24,25)/t17?,19-/m1/s1. The summed E-state index contributed by atoms with van der Waals surface area (Å²) in [6, 6.07) is 12.0. The van der Waals surface area contributed by atoms with E-state index < -0.39 is 0 Å². The van der Waals surface area contributed by atoms with Gasteiger partial charge >= 0.3 is 0 Å². The van der Waals surface area contributed by atoms with E-state index in [-0.39, 0.29) is 18.0 Å². The summed E-state index contributed by atoms with van der Waals surface area (Å²) in [5, 5.41) is 7.78. The van der Waals surface area contributed by atoms with E-state index in [1.807, 2.05) is 42.6 Å². The molecule has 29 heavy (non-hydrogen) atoms. The van der Waals surface area contributed by atoms with Crippen LogP contribution >= 0.6 is 0 Å². The number of carbonyl (C=O) groups excluding carboxylic acids is 1. The molecule has 0 spiro atoms. The van der Waals surface area contributed by atoms with E-state index in [4.69, 9.17) is 0 Å². The summed E-state index contributed by atoms with van der Waals surface area (Å²) < 4.78 is 0. The second kappa shape index (κ2) is 7.73. The van der Waals surface area contributed by atoms with Crippen LogP contribution in [0.1, 0.15) is 25.7 Å². The van der Waals surface area contributed by atoms with Crippen molar-refractivity contribution in [2.75, 3.05) is 23.3 Å². The van der Waals surface area contributed by atoms with Crippen molar-refractivity contribution in [1.82, 2.24) is 20.3 Å². The molecule has 1 amide bonds. The lowest BCUT2D eigenvalue weighted by molar-refractivity contribution is -0.123. The van der Waals surface area contributed by atoms with Crippen molar-refractivity contribution in [2.24, 2.45) is 5.92 Å². The van der Waals surface area contributed by atoms with E-state index >= 15 is 0 Å². The van der Waals surface area contributed by atoms with Gasteiger partial charge in [0.05, 0.1) is 5.39 Å².